The van der Waals surface area contributed by atoms with Crippen LogP contribution in [0.4, 0.5) is 0 Å². The number of ether oxygens (including phenoxy) is 5. The molecule has 0 aromatic carbocycles. The van der Waals surface area contributed by atoms with Crippen LogP contribution in [-0.4, -0.2) is 159 Å². The van der Waals surface area contributed by atoms with E-state index in [1.807, 2.05) is 0 Å². The lowest BCUT2D eigenvalue weighted by atomic mass is 9.84. The number of nitrogens with one attached hydrogen (secondary N) is 1. The van der Waals surface area contributed by atoms with Crippen molar-refractivity contribution in [1.29, 1.82) is 0 Å². The first-order valence-electron chi connectivity index (χ1n) is 11.8. The Kier molecular flexibility index (Phi) is 8.55. The normalized spacial score (nSPS) is 54.4. The SMILES string of the molecule is CN[C@H]1C[C@H](N)[C@H](O)[C@H](OC2O[C@H](CO)[C@@H](O)[C@H]3O[C@]4(O[C@@H](C(N)CO)[C@H](O)[C@@H](O)[C@@H]4O)O[C@@H]23)[C@@H]1O. The highest BCUT2D eigenvalue weighted by Gasteiger charge is 2.67. The van der Waals surface area contributed by atoms with E-state index in [-0.39, 0.29) is 6.42 Å². The predicted octanol–water partition coefficient (Wildman–Crippen LogP) is -7.27. The first-order valence-corrected chi connectivity index (χ1v) is 11.8. The molecule has 16 atom stereocenters. The van der Waals surface area contributed by atoms with E-state index in [1.165, 1.54) is 0 Å². The Balaban J connectivity index is 1.62. The van der Waals surface area contributed by atoms with Gasteiger partial charge in [-0.1, -0.05) is 0 Å². The van der Waals surface area contributed by atoms with E-state index >= 15 is 0 Å². The van der Waals surface area contributed by atoms with E-state index < -0.39 is 111 Å². The minimum Gasteiger partial charge on any atom is -0.395 e. The van der Waals surface area contributed by atoms with Crippen molar-refractivity contribution < 1.29 is 64.5 Å². The molecular weight excluding hydrogens is 490 g/mol. The van der Waals surface area contributed by atoms with Crippen LogP contribution in [0.3, 0.4) is 0 Å². The van der Waals surface area contributed by atoms with E-state index in [4.69, 9.17) is 35.2 Å². The van der Waals surface area contributed by atoms with Gasteiger partial charge >= 0.3 is 5.97 Å². The third-order valence-electron chi connectivity index (χ3n) is 7.42. The molecule has 36 heavy (non-hydrogen) atoms. The summed E-state index contributed by atoms with van der Waals surface area (Å²) < 4.78 is 28.7. The van der Waals surface area contributed by atoms with E-state index in [9.17, 15) is 40.9 Å². The molecule has 3 aliphatic heterocycles. The molecule has 13 N–H and O–H groups in total. The fraction of sp³-hybridized carbons (Fsp3) is 1.00. The highest BCUT2D eigenvalue weighted by atomic mass is 16.9. The number of hydrogen-bond donors (Lipinski definition) is 11. The second-order valence-corrected chi connectivity index (χ2v) is 9.72. The van der Waals surface area contributed by atoms with Crippen molar-refractivity contribution >= 4 is 0 Å². The Labute approximate surface area is 206 Å². The summed E-state index contributed by atoms with van der Waals surface area (Å²) in [5, 5.41) is 85.6. The Morgan fingerprint density at radius 1 is 0.944 bits per heavy atom. The molecule has 1 aliphatic carbocycles. The first kappa shape index (κ1) is 28.4. The molecule has 3 saturated heterocycles. The van der Waals surface area contributed by atoms with Crippen LogP contribution in [0.5, 0.6) is 0 Å². The topological polar surface area (TPSA) is 272 Å². The Morgan fingerprint density at radius 3 is 2.22 bits per heavy atom. The second-order valence-electron chi connectivity index (χ2n) is 9.72. The number of aliphatic hydroxyl groups excluding tert-OH is 8. The molecule has 0 radical (unpaired) electrons. The van der Waals surface area contributed by atoms with Crippen LogP contribution < -0.4 is 16.8 Å². The van der Waals surface area contributed by atoms with Crippen molar-refractivity contribution in [2.45, 2.75) is 104 Å². The molecule has 1 saturated carbocycles. The summed E-state index contributed by atoms with van der Waals surface area (Å²) in [6, 6.07) is -2.50. The van der Waals surface area contributed by atoms with Gasteiger partial charge in [0.25, 0.3) is 0 Å². The zero-order valence-corrected chi connectivity index (χ0v) is 19.6. The number of hydrogen-bond acceptors (Lipinski definition) is 16. The minimum atomic E-state index is -2.48. The van der Waals surface area contributed by atoms with E-state index in [0.717, 1.165) is 0 Å². The lowest BCUT2D eigenvalue weighted by Crippen LogP contribution is -2.69. The lowest BCUT2D eigenvalue weighted by molar-refractivity contribution is -0.439. The first-order chi connectivity index (χ1) is 17.0. The molecule has 0 aromatic rings. The van der Waals surface area contributed by atoms with Crippen LogP contribution in [0.25, 0.3) is 0 Å². The summed E-state index contributed by atoms with van der Waals surface area (Å²) >= 11 is 0. The van der Waals surface area contributed by atoms with Gasteiger partial charge in [-0.25, -0.2) is 0 Å². The molecule has 1 spiro atoms. The number of aliphatic hydroxyl groups is 8. The number of likely N-dealkylation sites (N-methyl/N-ethyl adjacent to an activating group) is 1. The highest BCUT2D eigenvalue weighted by Crippen LogP contribution is 2.45. The van der Waals surface area contributed by atoms with E-state index in [0.29, 0.717) is 0 Å². The number of rotatable bonds is 6. The molecule has 16 heteroatoms. The zero-order valence-electron chi connectivity index (χ0n) is 19.6. The molecule has 2 unspecified atom stereocenters. The molecular formula is C20H37N3O13. The van der Waals surface area contributed by atoms with Crippen molar-refractivity contribution in [1.82, 2.24) is 5.32 Å². The Morgan fingerprint density at radius 2 is 1.61 bits per heavy atom. The van der Waals surface area contributed by atoms with Crippen LogP contribution in [0.2, 0.25) is 0 Å². The lowest BCUT2D eigenvalue weighted by Gasteiger charge is -2.46. The van der Waals surface area contributed by atoms with Gasteiger partial charge in [-0.15, -0.1) is 0 Å². The predicted molar refractivity (Wildman–Crippen MR) is 115 cm³/mol. The molecule has 4 fully saturated rings. The maximum atomic E-state index is 10.7. The average Bonchev–Trinajstić information content (AvgIpc) is 3.27. The molecule has 0 bridgehead atoms. The van der Waals surface area contributed by atoms with Gasteiger partial charge in [-0.05, 0) is 13.5 Å². The van der Waals surface area contributed by atoms with Crippen molar-refractivity contribution in [3.8, 4) is 0 Å². The van der Waals surface area contributed by atoms with Crippen LogP contribution >= 0.6 is 0 Å². The Bertz CT molecular complexity index is 756. The summed E-state index contributed by atoms with van der Waals surface area (Å²) in [6.45, 7) is -1.33. The maximum Gasteiger partial charge on any atom is 0.314 e. The van der Waals surface area contributed by atoms with Gasteiger partial charge in [-0.3, -0.25) is 0 Å². The fourth-order valence-electron chi connectivity index (χ4n) is 5.23. The summed E-state index contributed by atoms with van der Waals surface area (Å²) in [6.07, 6.45) is -17.7. The molecule has 4 aliphatic rings. The largest absolute Gasteiger partial charge is 0.395 e. The van der Waals surface area contributed by atoms with Gasteiger partial charge in [0.1, 0.15) is 48.8 Å². The maximum absolute atomic E-state index is 10.7. The van der Waals surface area contributed by atoms with Crippen LogP contribution in [-0.2, 0) is 23.7 Å². The van der Waals surface area contributed by atoms with Gasteiger partial charge in [0.2, 0.25) is 0 Å². The molecule has 16 nitrogen and oxygen atoms in total. The van der Waals surface area contributed by atoms with Gasteiger partial charge in [-0.2, -0.15) is 0 Å². The van der Waals surface area contributed by atoms with Crippen LogP contribution in [0, 0.1) is 0 Å². The summed E-state index contributed by atoms with van der Waals surface area (Å²) in [7, 11) is 1.60. The number of nitrogens with two attached hydrogens (primary N) is 2. The summed E-state index contributed by atoms with van der Waals surface area (Å²) in [4.78, 5) is 0. The molecule has 210 valence electrons. The van der Waals surface area contributed by atoms with E-state index in [1.54, 1.807) is 7.05 Å². The molecule has 0 aromatic heterocycles. The fourth-order valence-corrected chi connectivity index (χ4v) is 5.23. The van der Waals surface area contributed by atoms with Crippen molar-refractivity contribution in [2.24, 2.45) is 11.5 Å². The van der Waals surface area contributed by atoms with E-state index in [2.05, 4.69) is 5.32 Å². The van der Waals surface area contributed by atoms with Crippen LogP contribution in [0.15, 0.2) is 0 Å². The van der Waals surface area contributed by atoms with Crippen molar-refractivity contribution in [3.05, 3.63) is 0 Å². The average molecular weight is 528 g/mol. The second kappa shape index (κ2) is 10.9. The van der Waals surface area contributed by atoms with Gasteiger partial charge in [0, 0.05) is 12.1 Å². The van der Waals surface area contributed by atoms with Gasteiger partial charge in [0.15, 0.2) is 12.4 Å². The summed E-state index contributed by atoms with van der Waals surface area (Å²) in [5.41, 5.74) is 11.8. The molecule has 3 heterocycles. The molecule has 4 rings (SSSR count). The number of fused-ring (bicyclic) bond motifs is 1. The third kappa shape index (κ3) is 4.68. The highest BCUT2D eigenvalue weighted by molar-refractivity contribution is 5.05. The standard InChI is InChI=1S/C20H37N3O13/c1-23-7-2-5(21)9(26)15(10(7)27)33-19-17-16(11(28)8(4-25)32-19)35-20(36-17)18(31)13(30)12(29)14(34-20)6(22)3-24/h5-19,23-31H,2-4,21-22H2,1H3/t5-,6?,7-,8+,9-,10+,11+,12+,13+,14-,15-,16+,17+,18-,19?,20-/m0/s1. The zero-order chi connectivity index (χ0) is 26.5. The summed E-state index contributed by atoms with van der Waals surface area (Å²) in [5.74, 6) is -2.48. The third-order valence-corrected chi connectivity index (χ3v) is 7.42. The molecule has 0 amide bonds. The smallest absolute Gasteiger partial charge is 0.314 e. The van der Waals surface area contributed by atoms with Gasteiger partial charge in [0.05, 0.1) is 31.5 Å². The Hall–Kier alpha value is -0.640. The van der Waals surface area contributed by atoms with Crippen molar-refractivity contribution in [2.75, 3.05) is 20.3 Å². The van der Waals surface area contributed by atoms with Gasteiger partial charge < -0.3 is 81.3 Å². The quantitative estimate of drug-likeness (QED) is 0.153. The van der Waals surface area contributed by atoms with Crippen LogP contribution in [0.1, 0.15) is 6.42 Å². The van der Waals surface area contributed by atoms with Crippen molar-refractivity contribution in [3.63, 3.8) is 0 Å². The monoisotopic (exact) mass is 527 g/mol. The minimum absolute atomic E-state index is 0.254.